The molecule has 0 saturated heterocycles. The number of nitrogens with zero attached hydrogens (tertiary/aromatic N) is 1. The Kier molecular flexibility index (Phi) is 3.00. The summed E-state index contributed by atoms with van der Waals surface area (Å²) in [5, 5.41) is 14.7. The van der Waals surface area contributed by atoms with Crippen LogP contribution in [-0.2, 0) is 13.1 Å². The van der Waals surface area contributed by atoms with Crippen molar-refractivity contribution < 1.29 is 5.11 Å². The molecule has 1 fully saturated rings. The van der Waals surface area contributed by atoms with E-state index in [-0.39, 0.29) is 0 Å². The second kappa shape index (κ2) is 4.65. The number of benzene rings is 1. The average Bonchev–Trinajstić information content (AvgIpc) is 2.66. The Labute approximate surface area is 107 Å². The number of aromatic nitrogens is 1. The van der Waals surface area contributed by atoms with E-state index in [1.807, 2.05) is 6.07 Å². The van der Waals surface area contributed by atoms with E-state index in [0.717, 1.165) is 24.0 Å². The smallest absolute Gasteiger partial charge is 0.139 e. The van der Waals surface area contributed by atoms with Crippen LogP contribution in [0, 0.1) is 0 Å². The largest absolute Gasteiger partial charge is 0.506 e. The zero-order chi connectivity index (χ0) is 12.5. The van der Waals surface area contributed by atoms with E-state index in [2.05, 4.69) is 28.9 Å². The molecule has 3 rings (SSSR count). The van der Waals surface area contributed by atoms with Crippen molar-refractivity contribution in [3.63, 3.8) is 0 Å². The number of nitrogens with one attached hydrogen (secondary N) is 1. The number of fused-ring (bicyclic) bond motifs is 1. The summed E-state index contributed by atoms with van der Waals surface area (Å²) in [5.41, 5.74) is 2.23. The maximum absolute atomic E-state index is 9.99. The van der Waals surface area contributed by atoms with E-state index in [9.17, 15) is 5.11 Å². The minimum absolute atomic E-state index is 0.379. The highest BCUT2D eigenvalue weighted by molar-refractivity contribution is 5.86. The van der Waals surface area contributed by atoms with Gasteiger partial charge in [-0.25, -0.2) is 0 Å². The maximum Gasteiger partial charge on any atom is 0.139 e. The van der Waals surface area contributed by atoms with Crippen LogP contribution >= 0.6 is 0 Å². The van der Waals surface area contributed by atoms with E-state index < -0.39 is 0 Å². The Hall–Kier alpha value is -1.48. The van der Waals surface area contributed by atoms with Gasteiger partial charge in [-0.3, -0.25) is 0 Å². The van der Waals surface area contributed by atoms with Gasteiger partial charge in [0.05, 0.1) is 5.52 Å². The van der Waals surface area contributed by atoms with Gasteiger partial charge in [-0.15, -0.1) is 0 Å². The fourth-order valence-corrected chi connectivity index (χ4v) is 2.73. The summed E-state index contributed by atoms with van der Waals surface area (Å²) in [4.78, 5) is 0. The molecule has 3 heteroatoms. The average molecular weight is 244 g/mol. The molecule has 1 aromatic carbocycles. The predicted octanol–water partition coefficient (Wildman–Crippen LogP) is 3.01. The lowest BCUT2D eigenvalue weighted by atomic mass is 9.93. The number of para-hydroxylation sites is 1. The number of phenolic OH excluding ortho intramolecular Hbond substituents is 1. The van der Waals surface area contributed by atoms with E-state index >= 15 is 0 Å². The molecule has 2 N–H and O–H groups in total. The van der Waals surface area contributed by atoms with Crippen molar-refractivity contribution in [2.75, 3.05) is 0 Å². The van der Waals surface area contributed by atoms with Crippen LogP contribution in [-0.4, -0.2) is 15.7 Å². The number of hydrogen-bond donors (Lipinski definition) is 2. The molecule has 3 nitrogen and oxygen atoms in total. The maximum atomic E-state index is 9.99. The Bertz CT molecular complexity index is 555. The van der Waals surface area contributed by atoms with Gasteiger partial charge in [0, 0.05) is 30.2 Å². The van der Waals surface area contributed by atoms with Gasteiger partial charge in [-0.1, -0.05) is 18.6 Å². The van der Waals surface area contributed by atoms with Crippen molar-refractivity contribution in [2.45, 2.75) is 45.3 Å². The van der Waals surface area contributed by atoms with Crippen LogP contribution < -0.4 is 5.32 Å². The molecular formula is C15H20N2O. The standard InChI is InChI=1S/C15H20N2O/c1-2-17-13(10-16-12-6-4-7-12)9-11-5-3-8-14(18)15(11)17/h3,5,8-9,12,16,18H,2,4,6-7,10H2,1H3. The van der Waals surface area contributed by atoms with Gasteiger partial charge in [0.1, 0.15) is 5.75 Å². The fourth-order valence-electron chi connectivity index (χ4n) is 2.73. The van der Waals surface area contributed by atoms with Gasteiger partial charge in [0.2, 0.25) is 0 Å². The van der Waals surface area contributed by atoms with Crippen LogP contribution in [0.4, 0.5) is 0 Å². The summed E-state index contributed by atoms with van der Waals surface area (Å²) in [7, 11) is 0. The number of rotatable bonds is 4. The van der Waals surface area contributed by atoms with Gasteiger partial charge in [-0.05, 0) is 31.9 Å². The van der Waals surface area contributed by atoms with Crippen LogP contribution in [0.3, 0.4) is 0 Å². The SMILES string of the molecule is CCn1c(CNC2CCC2)cc2cccc(O)c21. The summed E-state index contributed by atoms with van der Waals surface area (Å²) in [6, 6.07) is 8.61. The molecule has 1 aliphatic rings. The number of aromatic hydroxyl groups is 1. The summed E-state index contributed by atoms with van der Waals surface area (Å²) in [6.45, 7) is 3.91. The highest BCUT2D eigenvalue weighted by Crippen LogP contribution is 2.28. The monoisotopic (exact) mass is 244 g/mol. The van der Waals surface area contributed by atoms with Crippen molar-refractivity contribution in [1.82, 2.24) is 9.88 Å². The van der Waals surface area contributed by atoms with Crippen molar-refractivity contribution in [2.24, 2.45) is 0 Å². The normalized spacial score (nSPS) is 16.1. The third kappa shape index (κ3) is 1.89. The van der Waals surface area contributed by atoms with Crippen molar-refractivity contribution in [3.8, 4) is 5.75 Å². The molecule has 0 aliphatic heterocycles. The predicted molar refractivity (Wildman–Crippen MR) is 73.8 cm³/mol. The minimum Gasteiger partial charge on any atom is -0.506 e. The summed E-state index contributed by atoms with van der Waals surface area (Å²) in [5.74, 6) is 0.379. The van der Waals surface area contributed by atoms with Crippen LogP contribution in [0.1, 0.15) is 31.9 Å². The Morgan fingerprint density at radius 2 is 2.22 bits per heavy atom. The molecule has 18 heavy (non-hydrogen) atoms. The molecule has 2 aromatic rings. The molecule has 0 bridgehead atoms. The highest BCUT2D eigenvalue weighted by atomic mass is 16.3. The van der Waals surface area contributed by atoms with E-state index in [1.165, 1.54) is 25.0 Å². The molecule has 1 aromatic heterocycles. The number of phenols is 1. The van der Waals surface area contributed by atoms with Gasteiger partial charge < -0.3 is 15.0 Å². The number of hydrogen-bond acceptors (Lipinski definition) is 2. The molecule has 1 heterocycles. The van der Waals surface area contributed by atoms with Gasteiger partial charge in [0.25, 0.3) is 0 Å². The first-order valence-corrected chi connectivity index (χ1v) is 6.83. The molecule has 1 aliphatic carbocycles. The quantitative estimate of drug-likeness (QED) is 0.867. The Morgan fingerprint density at radius 3 is 2.89 bits per heavy atom. The number of aryl methyl sites for hydroxylation is 1. The fraction of sp³-hybridized carbons (Fsp3) is 0.467. The summed E-state index contributed by atoms with van der Waals surface area (Å²) in [6.07, 6.45) is 3.96. The van der Waals surface area contributed by atoms with Crippen molar-refractivity contribution in [1.29, 1.82) is 0 Å². The summed E-state index contributed by atoms with van der Waals surface area (Å²) >= 11 is 0. The minimum atomic E-state index is 0.379. The molecular weight excluding hydrogens is 224 g/mol. The van der Waals surface area contributed by atoms with Crippen LogP contribution in [0.15, 0.2) is 24.3 Å². The van der Waals surface area contributed by atoms with Crippen molar-refractivity contribution >= 4 is 10.9 Å². The second-order valence-electron chi connectivity index (χ2n) is 5.10. The zero-order valence-electron chi connectivity index (χ0n) is 10.8. The second-order valence-corrected chi connectivity index (χ2v) is 5.10. The lowest BCUT2D eigenvalue weighted by molar-refractivity contribution is 0.335. The summed E-state index contributed by atoms with van der Waals surface area (Å²) < 4.78 is 2.20. The Morgan fingerprint density at radius 1 is 1.39 bits per heavy atom. The molecule has 0 unspecified atom stereocenters. The van der Waals surface area contributed by atoms with Crippen molar-refractivity contribution in [3.05, 3.63) is 30.0 Å². The van der Waals surface area contributed by atoms with Crippen LogP contribution in [0.2, 0.25) is 0 Å². The third-order valence-corrected chi connectivity index (χ3v) is 3.98. The van der Waals surface area contributed by atoms with E-state index in [1.54, 1.807) is 6.07 Å². The van der Waals surface area contributed by atoms with Crippen LogP contribution in [0.5, 0.6) is 5.75 Å². The van der Waals surface area contributed by atoms with Gasteiger partial charge in [-0.2, -0.15) is 0 Å². The first kappa shape index (κ1) is 11.6. The lowest BCUT2D eigenvalue weighted by Crippen LogP contribution is -2.35. The highest BCUT2D eigenvalue weighted by Gasteiger charge is 2.17. The molecule has 1 saturated carbocycles. The molecule has 0 radical (unpaired) electrons. The van der Waals surface area contributed by atoms with Crippen LogP contribution in [0.25, 0.3) is 10.9 Å². The first-order chi connectivity index (χ1) is 8.79. The molecule has 0 amide bonds. The zero-order valence-corrected chi connectivity index (χ0v) is 10.8. The third-order valence-electron chi connectivity index (χ3n) is 3.98. The molecule has 0 atom stereocenters. The first-order valence-electron chi connectivity index (χ1n) is 6.83. The van der Waals surface area contributed by atoms with Gasteiger partial charge in [0.15, 0.2) is 0 Å². The molecule has 96 valence electrons. The Balaban J connectivity index is 1.92. The topological polar surface area (TPSA) is 37.2 Å². The lowest BCUT2D eigenvalue weighted by Gasteiger charge is -2.26. The van der Waals surface area contributed by atoms with E-state index in [4.69, 9.17) is 0 Å². The van der Waals surface area contributed by atoms with E-state index in [0.29, 0.717) is 11.8 Å². The molecule has 0 spiro atoms. The van der Waals surface area contributed by atoms with Gasteiger partial charge >= 0.3 is 0 Å².